The van der Waals surface area contributed by atoms with Crippen LogP contribution in [-0.2, 0) is 13.0 Å². The lowest BCUT2D eigenvalue weighted by molar-refractivity contribution is 0.299. The van der Waals surface area contributed by atoms with Crippen molar-refractivity contribution in [1.82, 2.24) is 0 Å². The molecule has 1 aromatic carbocycles. The van der Waals surface area contributed by atoms with Gasteiger partial charge in [0.1, 0.15) is 5.76 Å². The van der Waals surface area contributed by atoms with Crippen LogP contribution in [-0.4, -0.2) is 11.7 Å². The van der Waals surface area contributed by atoms with Crippen LogP contribution in [0.2, 0.25) is 0 Å². The topological polar surface area (TPSA) is 45.4 Å². The van der Waals surface area contributed by atoms with Gasteiger partial charge in [-0.05, 0) is 42.7 Å². The molecule has 0 unspecified atom stereocenters. The second kappa shape index (κ2) is 5.55. The van der Waals surface area contributed by atoms with Gasteiger partial charge in [-0.3, -0.25) is 0 Å². The molecule has 0 amide bonds. The summed E-state index contributed by atoms with van der Waals surface area (Å²) in [5.41, 5.74) is 3.36. The van der Waals surface area contributed by atoms with Crippen molar-refractivity contribution in [1.29, 1.82) is 0 Å². The van der Waals surface area contributed by atoms with Gasteiger partial charge in [0, 0.05) is 12.3 Å². The standard InChI is InChI=1S/C14H17NO2/c1-11-7-9-17-14(11)10-15-13-4-2-12(3-5-13)6-8-16/h2-5,7,9,15-16H,6,8,10H2,1H3. The van der Waals surface area contributed by atoms with E-state index in [9.17, 15) is 0 Å². The summed E-state index contributed by atoms with van der Waals surface area (Å²) >= 11 is 0. The highest BCUT2D eigenvalue weighted by Gasteiger charge is 2.01. The van der Waals surface area contributed by atoms with E-state index in [2.05, 4.69) is 5.32 Å². The zero-order valence-electron chi connectivity index (χ0n) is 9.94. The molecular formula is C14H17NO2. The van der Waals surface area contributed by atoms with Crippen LogP contribution in [0.25, 0.3) is 0 Å². The van der Waals surface area contributed by atoms with Gasteiger partial charge in [-0.25, -0.2) is 0 Å². The molecule has 0 radical (unpaired) electrons. The van der Waals surface area contributed by atoms with Gasteiger partial charge in [0.25, 0.3) is 0 Å². The van der Waals surface area contributed by atoms with Gasteiger partial charge in [-0.1, -0.05) is 12.1 Å². The lowest BCUT2D eigenvalue weighted by atomic mass is 10.1. The van der Waals surface area contributed by atoms with Crippen LogP contribution in [0.3, 0.4) is 0 Å². The molecule has 1 aromatic heterocycles. The molecule has 2 rings (SSSR count). The van der Waals surface area contributed by atoms with Crippen molar-refractivity contribution in [3.63, 3.8) is 0 Å². The smallest absolute Gasteiger partial charge is 0.125 e. The maximum Gasteiger partial charge on any atom is 0.125 e. The van der Waals surface area contributed by atoms with Crippen molar-refractivity contribution < 1.29 is 9.52 Å². The Balaban J connectivity index is 1.93. The number of hydrogen-bond acceptors (Lipinski definition) is 3. The van der Waals surface area contributed by atoms with Crippen LogP contribution in [0, 0.1) is 6.92 Å². The van der Waals surface area contributed by atoms with Crippen LogP contribution in [0.4, 0.5) is 5.69 Å². The van der Waals surface area contributed by atoms with Gasteiger partial charge < -0.3 is 14.8 Å². The fraction of sp³-hybridized carbons (Fsp3) is 0.286. The lowest BCUT2D eigenvalue weighted by Crippen LogP contribution is -1.99. The maximum atomic E-state index is 8.82. The van der Waals surface area contributed by atoms with Crippen LogP contribution >= 0.6 is 0 Å². The Labute approximate surface area is 101 Å². The van der Waals surface area contributed by atoms with Crippen LogP contribution in [0.15, 0.2) is 41.0 Å². The number of rotatable bonds is 5. The first-order valence-electron chi connectivity index (χ1n) is 5.76. The summed E-state index contributed by atoms with van der Waals surface area (Å²) < 4.78 is 5.35. The Morgan fingerprint density at radius 2 is 1.94 bits per heavy atom. The summed E-state index contributed by atoms with van der Waals surface area (Å²) in [5.74, 6) is 0.962. The van der Waals surface area contributed by atoms with E-state index in [-0.39, 0.29) is 6.61 Å². The Kier molecular flexibility index (Phi) is 3.83. The first kappa shape index (κ1) is 11.7. The molecule has 0 saturated heterocycles. The van der Waals surface area contributed by atoms with E-state index in [0.717, 1.165) is 22.6 Å². The minimum absolute atomic E-state index is 0.193. The van der Waals surface area contributed by atoms with Gasteiger partial charge in [0.05, 0.1) is 12.8 Å². The van der Waals surface area contributed by atoms with E-state index < -0.39 is 0 Å². The van der Waals surface area contributed by atoms with Gasteiger partial charge in [0.15, 0.2) is 0 Å². The fourth-order valence-corrected chi connectivity index (χ4v) is 1.69. The third kappa shape index (κ3) is 3.11. The molecular weight excluding hydrogens is 214 g/mol. The average molecular weight is 231 g/mol. The summed E-state index contributed by atoms with van der Waals surface area (Å²) in [5, 5.41) is 12.1. The number of hydrogen-bond donors (Lipinski definition) is 2. The van der Waals surface area contributed by atoms with Crippen molar-refractivity contribution in [2.45, 2.75) is 19.9 Å². The Bertz CT molecular complexity index is 459. The second-order valence-corrected chi connectivity index (χ2v) is 4.05. The largest absolute Gasteiger partial charge is 0.467 e. The highest BCUT2D eigenvalue weighted by molar-refractivity contribution is 5.45. The number of aliphatic hydroxyl groups excluding tert-OH is 1. The molecule has 0 atom stereocenters. The number of aliphatic hydroxyl groups is 1. The molecule has 0 aliphatic carbocycles. The van der Waals surface area contributed by atoms with Crippen molar-refractivity contribution in [3.05, 3.63) is 53.5 Å². The molecule has 0 saturated carbocycles. The summed E-state index contributed by atoms with van der Waals surface area (Å²) in [4.78, 5) is 0. The number of anilines is 1. The summed E-state index contributed by atoms with van der Waals surface area (Å²) in [6.07, 6.45) is 2.41. The molecule has 2 aromatic rings. The highest BCUT2D eigenvalue weighted by Crippen LogP contribution is 2.14. The van der Waals surface area contributed by atoms with Gasteiger partial charge in [-0.15, -0.1) is 0 Å². The molecule has 3 heteroatoms. The van der Waals surface area contributed by atoms with Crippen LogP contribution in [0.1, 0.15) is 16.9 Å². The van der Waals surface area contributed by atoms with E-state index in [1.54, 1.807) is 6.26 Å². The molecule has 0 bridgehead atoms. The third-order valence-corrected chi connectivity index (χ3v) is 2.78. The van der Waals surface area contributed by atoms with E-state index in [0.29, 0.717) is 13.0 Å². The first-order valence-corrected chi connectivity index (χ1v) is 5.76. The molecule has 90 valence electrons. The van der Waals surface area contributed by atoms with Crippen LogP contribution in [0.5, 0.6) is 0 Å². The molecule has 0 aliphatic heterocycles. The van der Waals surface area contributed by atoms with Crippen molar-refractivity contribution in [2.75, 3.05) is 11.9 Å². The van der Waals surface area contributed by atoms with Crippen molar-refractivity contribution in [3.8, 4) is 0 Å². The Morgan fingerprint density at radius 3 is 2.53 bits per heavy atom. The number of benzene rings is 1. The maximum absolute atomic E-state index is 8.82. The average Bonchev–Trinajstić information content (AvgIpc) is 2.75. The minimum atomic E-state index is 0.193. The zero-order chi connectivity index (χ0) is 12.1. The quantitative estimate of drug-likeness (QED) is 0.831. The van der Waals surface area contributed by atoms with E-state index >= 15 is 0 Å². The van der Waals surface area contributed by atoms with Crippen molar-refractivity contribution in [2.24, 2.45) is 0 Å². The molecule has 3 nitrogen and oxygen atoms in total. The van der Waals surface area contributed by atoms with Gasteiger partial charge in [0.2, 0.25) is 0 Å². The predicted octanol–water partition coefficient (Wildman–Crippen LogP) is 2.73. The predicted molar refractivity (Wildman–Crippen MR) is 68.0 cm³/mol. The highest BCUT2D eigenvalue weighted by atomic mass is 16.3. The van der Waals surface area contributed by atoms with Crippen molar-refractivity contribution >= 4 is 5.69 Å². The summed E-state index contributed by atoms with van der Waals surface area (Å²) in [6, 6.07) is 10.0. The van der Waals surface area contributed by atoms with Crippen LogP contribution < -0.4 is 5.32 Å². The molecule has 17 heavy (non-hydrogen) atoms. The monoisotopic (exact) mass is 231 g/mol. The SMILES string of the molecule is Cc1ccoc1CNc1ccc(CCO)cc1. The number of aryl methyl sites for hydroxylation is 1. The Morgan fingerprint density at radius 1 is 1.18 bits per heavy atom. The number of nitrogens with one attached hydrogen (secondary N) is 1. The summed E-state index contributed by atoms with van der Waals surface area (Å²) in [6.45, 7) is 2.92. The van der Waals surface area contributed by atoms with E-state index in [4.69, 9.17) is 9.52 Å². The number of furan rings is 1. The van der Waals surface area contributed by atoms with E-state index in [1.165, 1.54) is 0 Å². The molecule has 2 N–H and O–H groups in total. The molecule has 0 aliphatic rings. The normalized spacial score (nSPS) is 10.5. The van der Waals surface area contributed by atoms with E-state index in [1.807, 2.05) is 37.3 Å². The van der Waals surface area contributed by atoms with Gasteiger partial charge in [-0.2, -0.15) is 0 Å². The lowest BCUT2D eigenvalue weighted by Gasteiger charge is -2.06. The Hall–Kier alpha value is -1.74. The van der Waals surface area contributed by atoms with Gasteiger partial charge >= 0.3 is 0 Å². The second-order valence-electron chi connectivity index (χ2n) is 4.05. The minimum Gasteiger partial charge on any atom is -0.467 e. The molecule has 0 fully saturated rings. The summed E-state index contributed by atoms with van der Waals surface area (Å²) in [7, 11) is 0. The third-order valence-electron chi connectivity index (χ3n) is 2.78. The fourth-order valence-electron chi connectivity index (χ4n) is 1.69. The first-order chi connectivity index (χ1) is 8.29. The molecule has 0 spiro atoms. The zero-order valence-corrected chi connectivity index (χ0v) is 9.94. The molecule has 1 heterocycles.